The van der Waals surface area contributed by atoms with Gasteiger partial charge in [0.05, 0.1) is 30.6 Å². The highest BCUT2D eigenvalue weighted by molar-refractivity contribution is 5.92. The van der Waals surface area contributed by atoms with Gasteiger partial charge in [0.15, 0.2) is 11.5 Å². The highest BCUT2D eigenvalue weighted by atomic mass is 16.5. The number of aromatic nitrogens is 4. The molecule has 9 nitrogen and oxygen atoms in total. The van der Waals surface area contributed by atoms with E-state index in [1.54, 1.807) is 31.2 Å². The van der Waals surface area contributed by atoms with Gasteiger partial charge in [-0.1, -0.05) is 17.7 Å². The third-order valence-electron chi connectivity index (χ3n) is 6.89. The molecule has 0 N–H and O–H groups in total. The van der Waals surface area contributed by atoms with Crippen molar-refractivity contribution in [1.82, 2.24) is 19.1 Å². The first-order valence-corrected chi connectivity index (χ1v) is 11.9. The van der Waals surface area contributed by atoms with E-state index < -0.39 is 0 Å². The predicted octanol–water partition coefficient (Wildman–Crippen LogP) is 3.46. The lowest BCUT2D eigenvalue weighted by Gasteiger charge is -2.34. The quantitative estimate of drug-likeness (QED) is 0.385. The van der Waals surface area contributed by atoms with Crippen molar-refractivity contribution in [1.29, 1.82) is 0 Å². The summed E-state index contributed by atoms with van der Waals surface area (Å²) in [4.78, 5) is 38.1. The average Bonchev–Trinajstić information content (AvgIpc) is 2.90. The molecule has 1 aliphatic heterocycles. The second-order valence-corrected chi connectivity index (χ2v) is 9.02. The van der Waals surface area contributed by atoms with Gasteiger partial charge in [0, 0.05) is 37.1 Å². The van der Waals surface area contributed by atoms with E-state index in [9.17, 15) is 9.59 Å². The number of hydrogen-bond donors (Lipinski definition) is 0. The summed E-state index contributed by atoms with van der Waals surface area (Å²) in [5.41, 5.74) is 1.85. The SMILES string of the molecule is C=CCn1c(=O)n(C2CCN(c3ncnc4cc(OC)c(OC)cc34)CC2)c(=O)c2cc(C)ccc21. The van der Waals surface area contributed by atoms with Crippen LogP contribution in [0.5, 0.6) is 11.5 Å². The lowest BCUT2D eigenvalue weighted by atomic mass is 10.0. The Labute approximate surface area is 208 Å². The van der Waals surface area contributed by atoms with Gasteiger partial charge in [-0.2, -0.15) is 0 Å². The minimum absolute atomic E-state index is 0.204. The van der Waals surface area contributed by atoms with Gasteiger partial charge in [0.25, 0.3) is 5.56 Å². The minimum Gasteiger partial charge on any atom is -0.493 e. The normalized spacial score (nSPS) is 14.4. The summed E-state index contributed by atoms with van der Waals surface area (Å²) in [5.74, 6) is 2.01. The third-order valence-corrected chi connectivity index (χ3v) is 6.89. The van der Waals surface area contributed by atoms with Crippen molar-refractivity contribution in [2.24, 2.45) is 0 Å². The van der Waals surface area contributed by atoms with Crippen LogP contribution < -0.4 is 25.6 Å². The first-order valence-electron chi connectivity index (χ1n) is 11.9. The van der Waals surface area contributed by atoms with Crippen molar-refractivity contribution in [3.63, 3.8) is 0 Å². The molecule has 2 aromatic carbocycles. The van der Waals surface area contributed by atoms with Crippen LogP contribution >= 0.6 is 0 Å². The average molecular weight is 488 g/mol. The van der Waals surface area contributed by atoms with E-state index in [0.717, 1.165) is 22.3 Å². The summed E-state index contributed by atoms with van der Waals surface area (Å²) in [7, 11) is 3.19. The number of allylic oxidation sites excluding steroid dienone is 1. The largest absolute Gasteiger partial charge is 0.493 e. The summed E-state index contributed by atoms with van der Waals surface area (Å²) in [6.45, 7) is 7.37. The Bertz CT molecular complexity index is 1580. The molecule has 0 spiro atoms. The molecule has 5 rings (SSSR count). The molecule has 0 unspecified atom stereocenters. The smallest absolute Gasteiger partial charge is 0.332 e. The van der Waals surface area contributed by atoms with Gasteiger partial charge in [-0.25, -0.2) is 14.8 Å². The van der Waals surface area contributed by atoms with E-state index in [2.05, 4.69) is 21.4 Å². The Balaban J connectivity index is 1.50. The predicted molar refractivity (Wildman–Crippen MR) is 141 cm³/mol. The standard InChI is InChI=1S/C27H29N5O4/c1-5-10-31-22-7-6-17(2)13-20(22)26(33)32(27(31)34)18-8-11-30(12-9-18)25-19-14-23(35-3)24(36-4)15-21(19)28-16-29-25/h5-7,13-16,18H,1,8-12H2,2-4H3. The van der Waals surface area contributed by atoms with Crippen LogP contribution in [-0.2, 0) is 6.54 Å². The number of anilines is 1. The number of ether oxygens (including phenoxy) is 2. The van der Waals surface area contributed by atoms with E-state index in [4.69, 9.17) is 9.47 Å². The van der Waals surface area contributed by atoms with E-state index in [0.29, 0.717) is 54.9 Å². The molecule has 0 bridgehead atoms. The molecule has 1 fully saturated rings. The maximum absolute atomic E-state index is 13.5. The van der Waals surface area contributed by atoms with Gasteiger partial charge < -0.3 is 14.4 Å². The number of fused-ring (bicyclic) bond motifs is 2. The van der Waals surface area contributed by atoms with Gasteiger partial charge in [-0.3, -0.25) is 13.9 Å². The maximum atomic E-state index is 13.5. The van der Waals surface area contributed by atoms with E-state index in [-0.39, 0.29) is 17.3 Å². The van der Waals surface area contributed by atoms with Crippen LogP contribution in [0.25, 0.3) is 21.8 Å². The molecule has 4 aromatic rings. The molecule has 9 heteroatoms. The van der Waals surface area contributed by atoms with Crippen LogP contribution in [0.4, 0.5) is 5.82 Å². The van der Waals surface area contributed by atoms with Crippen LogP contribution in [0.1, 0.15) is 24.4 Å². The van der Waals surface area contributed by atoms with Crippen LogP contribution in [0.2, 0.25) is 0 Å². The highest BCUT2D eigenvalue weighted by Gasteiger charge is 2.27. The van der Waals surface area contributed by atoms with E-state index in [1.165, 1.54) is 4.57 Å². The Morgan fingerprint density at radius 3 is 2.44 bits per heavy atom. The van der Waals surface area contributed by atoms with E-state index >= 15 is 0 Å². The highest BCUT2D eigenvalue weighted by Crippen LogP contribution is 2.36. The fraction of sp³-hybridized carbons (Fsp3) is 0.333. The second kappa shape index (κ2) is 9.49. The number of aryl methyl sites for hydroxylation is 1. The molecule has 1 aliphatic rings. The number of methoxy groups -OCH3 is 2. The zero-order valence-electron chi connectivity index (χ0n) is 20.7. The topological polar surface area (TPSA) is 91.5 Å². The van der Waals surface area contributed by atoms with Crippen molar-refractivity contribution in [3.8, 4) is 11.5 Å². The molecule has 0 aliphatic carbocycles. The first kappa shape index (κ1) is 23.6. The van der Waals surface area contributed by atoms with Crippen molar-refractivity contribution in [2.75, 3.05) is 32.2 Å². The monoisotopic (exact) mass is 487 g/mol. The number of piperidine rings is 1. The van der Waals surface area contributed by atoms with E-state index in [1.807, 2.05) is 37.3 Å². The zero-order chi connectivity index (χ0) is 25.4. The van der Waals surface area contributed by atoms with Gasteiger partial charge in [-0.05, 0) is 38.0 Å². The lowest BCUT2D eigenvalue weighted by Crippen LogP contribution is -2.46. The molecule has 0 atom stereocenters. The van der Waals surface area contributed by atoms with Crippen molar-refractivity contribution >= 4 is 27.6 Å². The Kier molecular flexibility index (Phi) is 6.22. The van der Waals surface area contributed by atoms with Gasteiger partial charge in [-0.15, -0.1) is 6.58 Å². The van der Waals surface area contributed by atoms with Gasteiger partial charge >= 0.3 is 5.69 Å². The molecular formula is C27H29N5O4. The van der Waals surface area contributed by atoms with Crippen LogP contribution in [-0.4, -0.2) is 46.4 Å². The van der Waals surface area contributed by atoms with Gasteiger partial charge in [0.1, 0.15) is 12.1 Å². The van der Waals surface area contributed by atoms with Gasteiger partial charge in [0.2, 0.25) is 0 Å². The summed E-state index contributed by atoms with van der Waals surface area (Å²) >= 11 is 0. The Morgan fingerprint density at radius 2 is 1.75 bits per heavy atom. The first-order chi connectivity index (χ1) is 17.5. The van der Waals surface area contributed by atoms with Crippen molar-refractivity contribution < 1.29 is 9.47 Å². The number of hydrogen-bond acceptors (Lipinski definition) is 7. The molecule has 36 heavy (non-hydrogen) atoms. The van der Waals surface area contributed by atoms with Crippen LogP contribution in [0.3, 0.4) is 0 Å². The summed E-state index contributed by atoms with van der Waals surface area (Å²) in [6, 6.07) is 9.14. The summed E-state index contributed by atoms with van der Waals surface area (Å²) in [5, 5.41) is 1.42. The molecular weight excluding hydrogens is 458 g/mol. The number of nitrogens with zero attached hydrogens (tertiary/aromatic N) is 5. The molecule has 0 radical (unpaired) electrons. The fourth-order valence-corrected chi connectivity index (χ4v) is 5.09. The third kappa shape index (κ3) is 3.90. The Morgan fingerprint density at radius 1 is 1.03 bits per heavy atom. The lowest BCUT2D eigenvalue weighted by molar-refractivity contribution is 0.355. The van der Waals surface area contributed by atoms with Crippen molar-refractivity contribution in [2.45, 2.75) is 32.4 Å². The molecule has 2 aromatic heterocycles. The zero-order valence-corrected chi connectivity index (χ0v) is 20.7. The molecule has 1 saturated heterocycles. The molecule has 0 amide bonds. The maximum Gasteiger partial charge on any atom is 0.332 e. The summed E-state index contributed by atoms with van der Waals surface area (Å²) in [6.07, 6.45) is 4.50. The van der Waals surface area contributed by atoms with Crippen LogP contribution in [0.15, 0.2) is 58.9 Å². The minimum atomic E-state index is -0.293. The summed E-state index contributed by atoms with van der Waals surface area (Å²) < 4.78 is 14.0. The molecule has 0 saturated carbocycles. The fourth-order valence-electron chi connectivity index (χ4n) is 5.09. The molecule has 3 heterocycles. The number of rotatable bonds is 6. The Hall–Kier alpha value is -4.14. The second-order valence-electron chi connectivity index (χ2n) is 9.02. The van der Waals surface area contributed by atoms with Crippen LogP contribution in [0, 0.1) is 6.92 Å². The van der Waals surface area contributed by atoms with Crippen molar-refractivity contribution in [3.05, 3.63) is 75.7 Å². The number of benzene rings is 2. The molecule has 186 valence electrons.